The molecule has 0 aliphatic carbocycles. The predicted molar refractivity (Wildman–Crippen MR) is 136 cm³/mol. The van der Waals surface area contributed by atoms with E-state index < -0.39 is 0 Å². The third-order valence-electron chi connectivity index (χ3n) is 5.76. The fourth-order valence-electron chi connectivity index (χ4n) is 3.82. The van der Waals surface area contributed by atoms with E-state index in [9.17, 15) is 9.59 Å². The number of hydrogen-bond acceptors (Lipinski definition) is 6. The second kappa shape index (κ2) is 11.6. The number of H-pyrrole nitrogens is 2. The molecule has 0 aliphatic rings. The van der Waals surface area contributed by atoms with Crippen LogP contribution in [0.3, 0.4) is 0 Å². The first kappa shape index (κ1) is 24.3. The van der Waals surface area contributed by atoms with Gasteiger partial charge in [-0.05, 0) is 31.4 Å². The molecule has 0 fully saturated rings. The lowest BCUT2D eigenvalue weighted by atomic mass is 10.1. The zero-order chi connectivity index (χ0) is 24.6. The lowest BCUT2D eigenvalue weighted by Gasteiger charge is -2.16. The number of aromatic nitrogens is 5. The first-order chi connectivity index (χ1) is 17.0. The minimum absolute atomic E-state index is 0.0455. The Hall–Kier alpha value is -3.79. The van der Waals surface area contributed by atoms with Crippen molar-refractivity contribution < 1.29 is 9.59 Å². The highest BCUT2D eigenvalue weighted by molar-refractivity contribution is 7.11. The highest BCUT2D eigenvalue weighted by Crippen LogP contribution is 2.26. The SMILES string of the molecule is CNC(=O)CCCCCC(NC(=O)c1cncs1)c1ncc(-c2ccc(-c3cc(C)[nH]n3)cc2)[nH]1. The van der Waals surface area contributed by atoms with Gasteiger partial charge in [0.25, 0.3) is 5.91 Å². The summed E-state index contributed by atoms with van der Waals surface area (Å²) in [5, 5.41) is 13.0. The Morgan fingerprint density at radius 1 is 1.09 bits per heavy atom. The molecule has 2 amide bonds. The van der Waals surface area contributed by atoms with E-state index in [-0.39, 0.29) is 17.9 Å². The molecule has 1 aromatic carbocycles. The number of aryl methyl sites for hydroxylation is 1. The highest BCUT2D eigenvalue weighted by Gasteiger charge is 2.20. The van der Waals surface area contributed by atoms with E-state index in [0.717, 1.165) is 47.5 Å². The van der Waals surface area contributed by atoms with Crippen LogP contribution < -0.4 is 10.6 Å². The third kappa shape index (κ3) is 6.42. The van der Waals surface area contributed by atoms with Crippen molar-refractivity contribution in [2.45, 2.75) is 45.1 Å². The quantitative estimate of drug-likeness (QED) is 0.231. The number of thiazole rings is 1. The van der Waals surface area contributed by atoms with E-state index >= 15 is 0 Å². The molecular formula is C25H29N7O2S. The summed E-state index contributed by atoms with van der Waals surface area (Å²) in [5.41, 5.74) is 6.47. The van der Waals surface area contributed by atoms with Gasteiger partial charge in [-0.2, -0.15) is 5.10 Å². The van der Waals surface area contributed by atoms with Gasteiger partial charge in [0.2, 0.25) is 5.91 Å². The van der Waals surface area contributed by atoms with E-state index in [1.54, 1.807) is 25.0 Å². The van der Waals surface area contributed by atoms with E-state index in [0.29, 0.717) is 23.5 Å². The molecule has 35 heavy (non-hydrogen) atoms. The van der Waals surface area contributed by atoms with E-state index in [2.05, 4.69) is 35.8 Å². The van der Waals surface area contributed by atoms with E-state index in [1.165, 1.54) is 11.3 Å². The predicted octanol–water partition coefficient (Wildman–Crippen LogP) is 4.40. The average Bonchev–Trinajstić information content (AvgIpc) is 3.65. The van der Waals surface area contributed by atoms with Crippen molar-refractivity contribution >= 4 is 23.2 Å². The number of amides is 2. The number of carbonyl (C=O) groups excluding carboxylic acids is 2. The number of rotatable bonds is 11. The van der Waals surface area contributed by atoms with Crippen molar-refractivity contribution in [3.05, 3.63) is 64.6 Å². The van der Waals surface area contributed by atoms with Crippen LogP contribution in [0.5, 0.6) is 0 Å². The molecule has 1 unspecified atom stereocenters. The van der Waals surface area contributed by atoms with Crippen LogP contribution in [0, 0.1) is 6.92 Å². The van der Waals surface area contributed by atoms with Crippen molar-refractivity contribution in [2.75, 3.05) is 7.05 Å². The Balaban J connectivity index is 1.45. The van der Waals surface area contributed by atoms with Crippen LogP contribution in [0.2, 0.25) is 0 Å². The number of unbranched alkanes of at least 4 members (excludes halogenated alkanes) is 2. The molecule has 3 aromatic heterocycles. The molecule has 4 rings (SSSR count). The number of nitrogens with one attached hydrogen (secondary N) is 4. The van der Waals surface area contributed by atoms with Crippen LogP contribution in [0.15, 0.2) is 48.2 Å². The number of hydrogen-bond donors (Lipinski definition) is 4. The number of imidazole rings is 1. The van der Waals surface area contributed by atoms with Gasteiger partial charge >= 0.3 is 0 Å². The van der Waals surface area contributed by atoms with Crippen molar-refractivity contribution in [1.29, 1.82) is 0 Å². The van der Waals surface area contributed by atoms with E-state index in [1.807, 2.05) is 37.3 Å². The zero-order valence-corrected chi connectivity index (χ0v) is 20.6. The van der Waals surface area contributed by atoms with Crippen LogP contribution in [0.4, 0.5) is 0 Å². The average molecular weight is 492 g/mol. The monoisotopic (exact) mass is 491 g/mol. The van der Waals surface area contributed by atoms with Crippen LogP contribution in [-0.2, 0) is 4.79 Å². The maximum absolute atomic E-state index is 12.7. The Labute approximate surface area is 207 Å². The van der Waals surface area contributed by atoms with Crippen LogP contribution in [-0.4, -0.2) is 44.0 Å². The zero-order valence-electron chi connectivity index (χ0n) is 19.8. The first-order valence-corrected chi connectivity index (χ1v) is 12.5. The topological polar surface area (TPSA) is 128 Å². The lowest BCUT2D eigenvalue weighted by Crippen LogP contribution is -2.28. The summed E-state index contributed by atoms with van der Waals surface area (Å²) >= 11 is 1.30. The molecule has 4 aromatic rings. The summed E-state index contributed by atoms with van der Waals surface area (Å²) in [6.45, 7) is 1.98. The number of benzene rings is 1. The summed E-state index contributed by atoms with van der Waals surface area (Å²) in [6.07, 6.45) is 7.13. The minimum Gasteiger partial charge on any atom is -0.359 e. The fraction of sp³-hybridized carbons (Fsp3) is 0.320. The van der Waals surface area contributed by atoms with Crippen molar-refractivity contribution in [3.63, 3.8) is 0 Å². The lowest BCUT2D eigenvalue weighted by molar-refractivity contribution is -0.120. The maximum Gasteiger partial charge on any atom is 0.263 e. The van der Waals surface area contributed by atoms with Crippen molar-refractivity contribution in [1.82, 2.24) is 35.8 Å². The molecule has 10 heteroatoms. The Morgan fingerprint density at radius 2 is 1.89 bits per heavy atom. The molecule has 3 heterocycles. The molecule has 1 atom stereocenters. The Morgan fingerprint density at radius 3 is 2.57 bits per heavy atom. The number of carbonyl (C=O) groups is 2. The first-order valence-electron chi connectivity index (χ1n) is 11.6. The van der Waals surface area contributed by atoms with Gasteiger partial charge in [-0.3, -0.25) is 19.7 Å². The Kier molecular flexibility index (Phi) is 8.04. The van der Waals surface area contributed by atoms with Crippen LogP contribution in [0.1, 0.15) is 59.3 Å². The number of aromatic amines is 2. The van der Waals surface area contributed by atoms with Gasteiger partial charge in [0.05, 0.1) is 35.3 Å². The molecule has 0 aliphatic heterocycles. The summed E-state index contributed by atoms with van der Waals surface area (Å²) in [5.74, 6) is 0.583. The summed E-state index contributed by atoms with van der Waals surface area (Å²) in [4.78, 5) is 36.7. The molecule has 0 saturated heterocycles. The van der Waals surface area contributed by atoms with Crippen LogP contribution >= 0.6 is 11.3 Å². The molecule has 9 nitrogen and oxygen atoms in total. The molecule has 0 bridgehead atoms. The van der Waals surface area contributed by atoms with Crippen LogP contribution in [0.25, 0.3) is 22.5 Å². The second-order valence-corrected chi connectivity index (χ2v) is 9.25. The molecule has 0 radical (unpaired) electrons. The van der Waals surface area contributed by atoms with Gasteiger partial charge in [0.1, 0.15) is 10.7 Å². The van der Waals surface area contributed by atoms with Gasteiger partial charge in [0.15, 0.2) is 0 Å². The van der Waals surface area contributed by atoms with Gasteiger partial charge in [-0.15, -0.1) is 11.3 Å². The van der Waals surface area contributed by atoms with Crippen molar-refractivity contribution in [3.8, 4) is 22.5 Å². The third-order valence-corrected chi connectivity index (χ3v) is 6.53. The van der Waals surface area contributed by atoms with Gasteiger partial charge in [-0.25, -0.2) is 4.98 Å². The summed E-state index contributed by atoms with van der Waals surface area (Å²) in [7, 11) is 1.65. The van der Waals surface area contributed by atoms with Gasteiger partial charge < -0.3 is 15.6 Å². The van der Waals surface area contributed by atoms with E-state index in [4.69, 9.17) is 0 Å². The summed E-state index contributed by atoms with van der Waals surface area (Å²) in [6, 6.07) is 9.85. The summed E-state index contributed by atoms with van der Waals surface area (Å²) < 4.78 is 0. The normalized spacial score (nSPS) is 11.8. The maximum atomic E-state index is 12.7. The van der Waals surface area contributed by atoms with Gasteiger partial charge in [-0.1, -0.05) is 37.1 Å². The number of nitrogens with zero attached hydrogens (tertiary/aromatic N) is 3. The van der Waals surface area contributed by atoms with Gasteiger partial charge in [0, 0.05) is 24.7 Å². The molecule has 182 valence electrons. The smallest absolute Gasteiger partial charge is 0.263 e. The fourth-order valence-corrected chi connectivity index (χ4v) is 4.34. The Bertz CT molecular complexity index is 1250. The largest absolute Gasteiger partial charge is 0.359 e. The minimum atomic E-state index is -0.273. The molecule has 0 saturated carbocycles. The second-order valence-electron chi connectivity index (χ2n) is 8.36. The molecular weight excluding hydrogens is 462 g/mol. The highest BCUT2D eigenvalue weighted by atomic mass is 32.1. The van der Waals surface area contributed by atoms with Crippen molar-refractivity contribution in [2.24, 2.45) is 0 Å². The molecule has 4 N–H and O–H groups in total. The molecule has 0 spiro atoms. The standard InChI is InChI=1S/C25H29N7O2S/c1-16-12-20(32-31-16)17-8-10-18(11-9-17)21-13-28-24(29-21)19(6-4-3-5-7-23(33)26-2)30-25(34)22-14-27-15-35-22/h8-15,19H,3-7H2,1-2H3,(H,26,33)(H,28,29)(H,30,34)(H,31,32).